The Kier molecular flexibility index (Phi) is 4.12. The van der Waals surface area contributed by atoms with Gasteiger partial charge >= 0.3 is 0 Å². The van der Waals surface area contributed by atoms with Crippen LogP contribution in [0.2, 0.25) is 0 Å². The molecule has 0 aliphatic carbocycles. The minimum atomic E-state index is -0.294. The molecule has 1 amide bonds. The van der Waals surface area contributed by atoms with E-state index in [1.54, 1.807) is 0 Å². The highest BCUT2D eigenvalue weighted by Crippen LogP contribution is 2.39. The van der Waals surface area contributed by atoms with E-state index in [4.69, 9.17) is 4.74 Å². The van der Waals surface area contributed by atoms with Crippen molar-refractivity contribution in [2.24, 2.45) is 0 Å². The van der Waals surface area contributed by atoms with Gasteiger partial charge in [0.25, 0.3) is 5.91 Å². The third-order valence-electron chi connectivity index (χ3n) is 3.77. The predicted molar refractivity (Wildman–Crippen MR) is 95.1 cm³/mol. The number of carbonyl (C=O) groups is 1. The summed E-state index contributed by atoms with van der Waals surface area (Å²) in [5.41, 5.74) is 1.44. The Morgan fingerprint density at radius 2 is 2.00 bits per heavy atom. The van der Waals surface area contributed by atoms with Gasteiger partial charge in [-0.2, -0.15) is 0 Å². The van der Waals surface area contributed by atoms with Crippen molar-refractivity contribution in [1.29, 1.82) is 0 Å². The summed E-state index contributed by atoms with van der Waals surface area (Å²) in [7, 11) is 0. The molecule has 4 heteroatoms. The molecule has 0 unspecified atom stereocenters. The van der Waals surface area contributed by atoms with E-state index in [0.29, 0.717) is 5.56 Å². The van der Waals surface area contributed by atoms with E-state index >= 15 is 0 Å². The van der Waals surface area contributed by atoms with Crippen molar-refractivity contribution in [3.8, 4) is 5.75 Å². The molecule has 1 heterocycles. The molecule has 114 valence electrons. The Balaban J connectivity index is 1.87. The largest absolute Gasteiger partial charge is 0.487 e. The Bertz CT molecular complexity index is 712. The van der Waals surface area contributed by atoms with Gasteiger partial charge in [-0.1, -0.05) is 24.3 Å². The van der Waals surface area contributed by atoms with Crippen molar-refractivity contribution >= 4 is 28.5 Å². The third-order valence-corrected chi connectivity index (χ3v) is 4.44. The maximum atomic E-state index is 12.5. The van der Waals surface area contributed by atoms with Gasteiger partial charge in [0.05, 0.1) is 6.04 Å². The molecule has 2 aromatic carbocycles. The number of halogens is 1. The molecule has 0 radical (unpaired) electrons. The van der Waals surface area contributed by atoms with Crippen molar-refractivity contribution in [3.63, 3.8) is 0 Å². The topological polar surface area (TPSA) is 38.3 Å². The fourth-order valence-electron chi connectivity index (χ4n) is 2.80. The molecule has 1 atom stereocenters. The average molecular weight is 407 g/mol. The fourth-order valence-corrected chi connectivity index (χ4v) is 3.35. The van der Waals surface area contributed by atoms with Gasteiger partial charge in [0.2, 0.25) is 0 Å². The van der Waals surface area contributed by atoms with Crippen molar-refractivity contribution in [1.82, 2.24) is 5.32 Å². The lowest BCUT2D eigenvalue weighted by Gasteiger charge is -2.37. The highest BCUT2D eigenvalue weighted by molar-refractivity contribution is 14.1. The summed E-state index contributed by atoms with van der Waals surface area (Å²) in [6, 6.07) is 15.5. The van der Waals surface area contributed by atoms with Crippen molar-refractivity contribution in [2.75, 3.05) is 0 Å². The number of rotatable bonds is 2. The summed E-state index contributed by atoms with van der Waals surface area (Å²) in [4.78, 5) is 12.5. The number of fused-ring (bicyclic) bond motifs is 1. The Hall–Kier alpha value is -1.56. The minimum Gasteiger partial charge on any atom is -0.487 e. The van der Waals surface area contributed by atoms with E-state index in [1.807, 2.05) is 62.4 Å². The van der Waals surface area contributed by atoms with E-state index in [9.17, 15) is 4.79 Å². The van der Waals surface area contributed by atoms with Crippen molar-refractivity contribution in [2.45, 2.75) is 31.9 Å². The van der Waals surface area contributed by atoms with Crippen LogP contribution in [-0.4, -0.2) is 11.5 Å². The smallest absolute Gasteiger partial charge is 0.251 e. The first-order valence-electron chi connectivity index (χ1n) is 7.29. The number of para-hydroxylation sites is 1. The second-order valence-electron chi connectivity index (χ2n) is 6.14. The van der Waals surface area contributed by atoms with Crippen LogP contribution in [0.15, 0.2) is 48.5 Å². The normalized spacial score (nSPS) is 19.0. The summed E-state index contributed by atoms with van der Waals surface area (Å²) in [5.74, 6) is 0.808. The Morgan fingerprint density at radius 1 is 1.23 bits per heavy atom. The van der Waals surface area contributed by atoms with Gasteiger partial charge < -0.3 is 10.1 Å². The first-order valence-corrected chi connectivity index (χ1v) is 8.37. The molecule has 1 aliphatic rings. The molecular formula is C18H18INO2. The maximum absolute atomic E-state index is 12.5. The quantitative estimate of drug-likeness (QED) is 0.753. The van der Waals surface area contributed by atoms with Gasteiger partial charge in [0.15, 0.2) is 0 Å². The van der Waals surface area contributed by atoms with Crippen LogP contribution in [0.4, 0.5) is 0 Å². The zero-order valence-corrected chi connectivity index (χ0v) is 14.8. The van der Waals surface area contributed by atoms with Crippen LogP contribution in [-0.2, 0) is 0 Å². The maximum Gasteiger partial charge on any atom is 0.251 e. The van der Waals surface area contributed by atoms with Gasteiger partial charge in [-0.25, -0.2) is 0 Å². The molecule has 0 spiro atoms. The van der Waals surface area contributed by atoms with E-state index in [0.717, 1.165) is 21.3 Å². The van der Waals surface area contributed by atoms with Crippen molar-refractivity contribution < 1.29 is 9.53 Å². The van der Waals surface area contributed by atoms with Gasteiger partial charge in [-0.05, 0) is 60.7 Å². The lowest BCUT2D eigenvalue weighted by molar-refractivity contribution is 0.0619. The standard InChI is InChI=1S/C18H18INO2/c1-18(2)11-15(14-8-3-4-9-16(14)22-18)20-17(21)12-6-5-7-13(19)10-12/h3-10,15H,11H2,1-2H3,(H,20,21)/t15-/m1/s1. The zero-order chi connectivity index (χ0) is 15.7. The van der Waals surface area contributed by atoms with Crippen LogP contribution in [0.1, 0.15) is 42.2 Å². The summed E-state index contributed by atoms with van der Waals surface area (Å²) in [6.07, 6.45) is 0.750. The summed E-state index contributed by atoms with van der Waals surface area (Å²) >= 11 is 2.22. The Labute approximate surface area is 144 Å². The zero-order valence-electron chi connectivity index (χ0n) is 12.6. The number of amides is 1. The number of ether oxygens (including phenoxy) is 1. The molecule has 3 nitrogen and oxygen atoms in total. The number of carbonyl (C=O) groups excluding carboxylic acids is 1. The molecule has 0 bridgehead atoms. The average Bonchev–Trinajstić information content (AvgIpc) is 2.46. The van der Waals surface area contributed by atoms with Gasteiger partial charge in [-0.15, -0.1) is 0 Å². The predicted octanol–water partition coefficient (Wildman–Crippen LogP) is 4.32. The second kappa shape index (κ2) is 5.91. The second-order valence-corrected chi connectivity index (χ2v) is 7.39. The molecule has 0 fully saturated rings. The van der Waals surface area contributed by atoms with E-state index in [2.05, 4.69) is 27.9 Å². The van der Waals surface area contributed by atoms with Crippen LogP contribution in [0.3, 0.4) is 0 Å². The van der Waals surface area contributed by atoms with Crippen LogP contribution in [0.25, 0.3) is 0 Å². The molecule has 1 N–H and O–H groups in total. The fraction of sp³-hybridized carbons (Fsp3) is 0.278. The molecule has 0 saturated heterocycles. The number of hydrogen-bond acceptors (Lipinski definition) is 2. The molecular weight excluding hydrogens is 389 g/mol. The minimum absolute atomic E-state index is 0.0367. The van der Waals surface area contributed by atoms with Crippen LogP contribution >= 0.6 is 22.6 Å². The highest BCUT2D eigenvalue weighted by atomic mass is 127. The van der Waals surface area contributed by atoms with Crippen LogP contribution in [0, 0.1) is 3.57 Å². The first-order chi connectivity index (χ1) is 10.4. The number of benzene rings is 2. The van der Waals surface area contributed by atoms with E-state index in [1.165, 1.54) is 0 Å². The van der Waals surface area contributed by atoms with Gasteiger partial charge in [0, 0.05) is 21.1 Å². The molecule has 2 aromatic rings. The Morgan fingerprint density at radius 3 is 2.77 bits per heavy atom. The van der Waals surface area contributed by atoms with E-state index < -0.39 is 0 Å². The SMILES string of the molecule is CC1(C)C[C@@H](NC(=O)c2cccc(I)c2)c2ccccc2O1. The third kappa shape index (κ3) is 3.27. The summed E-state index contributed by atoms with van der Waals surface area (Å²) in [5, 5.41) is 3.15. The molecule has 22 heavy (non-hydrogen) atoms. The molecule has 3 rings (SSSR count). The monoisotopic (exact) mass is 407 g/mol. The molecule has 0 aromatic heterocycles. The molecule has 0 saturated carbocycles. The van der Waals surface area contributed by atoms with Crippen LogP contribution in [0.5, 0.6) is 5.75 Å². The van der Waals surface area contributed by atoms with Crippen LogP contribution < -0.4 is 10.1 Å². The number of hydrogen-bond donors (Lipinski definition) is 1. The number of nitrogens with one attached hydrogen (secondary N) is 1. The lowest BCUT2D eigenvalue weighted by atomic mass is 9.89. The first kappa shape index (κ1) is 15.3. The summed E-state index contributed by atoms with van der Waals surface area (Å²) in [6.45, 7) is 4.10. The summed E-state index contributed by atoms with van der Waals surface area (Å²) < 4.78 is 7.06. The highest BCUT2D eigenvalue weighted by Gasteiger charge is 2.34. The molecule has 1 aliphatic heterocycles. The van der Waals surface area contributed by atoms with Crippen molar-refractivity contribution in [3.05, 3.63) is 63.2 Å². The van der Waals surface area contributed by atoms with Gasteiger partial charge in [0.1, 0.15) is 11.4 Å². The van der Waals surface area contributed by atoms with E-state index in [-0.39, 0.29) is 17.6 Å². The lowest BCUT2D eigenvalue weighted by Crippen LogP contribution is -2.41. The van der Waals surface area contributed by atoms with Gasteiger partial charge in [-0.3, -0.25) is 4.79 Å².